The number of sulfonamides is 1. The van der Waals surface area contributed by atoms with Crippen LogP contribution in [0.25, 0.3) is 0 Å². The maximum Gasteiger partial charge on any atom is 0.251 e. The summed E-state index contributed by atoms with van der Waals surface area (Å²) in [7, 11) is -3.76. The van der Waals surface area contributed by atoms with Crippen molar-refractivity contribution in [2.75, 3.05) is 18.0 Å². The number of anilines is 1. The molecule has 0 radical (unpaired) electrons. The Hall–Kier alpha value is -3.30. The number of carbonyl (C=O) groups is 1. The predicted molar refractivity (Wildman–Crippen MR) is 126 cm³/mol. The van der Waals surface area contributed by atoms with Gasteiger partial charge in [0, 0.05) is 43.6 Å². The molecule has 172 valence electrons. The summed E-state index contributed by atoms with van der Waals surface area (Å²) in [5, 5.41) is 3.06. The Morgan fingerprint density at radius 2 is 1.85 bits per heavy atom. The number of hydrogen-bond donors (Lipinski definition) is 2. The van der Waals surface area contributed by atoms with E-state index in [1.165, 1.54) is 12.1 Å². The van der Waals surface area contributed by atoms with Gasteiger partial charge in [0.2, 0.25) is 16.0 Å². The first-order chi connectivity index (χ1) is 15.9. The van der Waals surface area contributed by atoms with Crippen LogP contribution in [0.4, 0.5) is 5.95 Å². The first kappa shape index (κ1) is 22.9. The summed E-state index contributed by atoms with van der Waals surface area (Å²) in [6, 6.07) is 15.6. The third-order valence-corrected chi connectivity index (χ3v) is 7.06. The van der Waals surface area contributed by atoms with Crippen LogP contribution in [0.2, 0.25) is 0 Å². The van der Waals surface area contributed by atoms with Gasteiger partial charge in [0.05, 0.1) is 4.90 Å². The van der Waals surface area contributed by atoms with Gasteiger partial charge in [0.15, 0.2) is 0 Å². The van der Waals surface area contributed by atoms with E-state index in [1.807, 2.05) is 30.3 Å². The minimum atomic E-state index is -3.76. The summed E-state index contributed by atoms with van der Waals surface area (Å²) in [4.78, 5) is 23.8. The maximum absolute atomic E-state index is 13.1. The minimum Gasteiger partial charge on any atom is -0.348 e. The first-order valence-corrected chi connectivity index (χ1v) is 12.4. The molecule has 1 fully saturated rings. The van der Waals surface area contributed by atoms with Crippen LogP contribution < -0.4 is 14.9 Å². The number of benzene rings is 2. The predicted octanol–water partition coefficient (Wildman–Crippen LogP) is 2.66. The van der Waals surface area contributed by atoms with Crippen molar-refractivity contribution in [1.82, 2.24) is 20.0 Å². The molecule has 0 bridgehead atoms. The molecule has 4 rings (SSSR count). The van der Waals surface area contributed by atoms with E-state index in [-0.39, 0.29) is 23.4 Å². The van der Waals surface area contributed by atoms with Gasteiger partial charge < -0.3 is 10.2 Å². The second-order valence-corrected chi connectivity index (χ2v) is 9.86. The number of rotatable bonds is 7. The number of hydrogen-bond acceptors (Lipinski definition) is 6. The van der Waals surface area contributed by atoms with E-state index in [2.05, 4.69) is 24.9 Å². The molecule has 1 saturated heterocycles. The van der Waals surface area contributed by atoms with E-state index in [0.29, 0.717) is 23.6 Å². The Morgan fingerprint density at radius 3 is 2.61 bits per heavy atom. The molecule has 2 N–H and O–H groups in total. The normalized spacial score (nSPS) is 16.4. The lowest BCUT2D eigenvalue weighted by Crippen LogP contribution is -2.48. The van der Waals surface area contributed by atoms with Crippen LogP contribution in [0.3, 0.4) is 0 Å². The van der Waals surface area contributed by atoms with Crippen molar-refractivity contribution in [3.8, 4) is 0 Å². The highest BCUT2D eigenvalue weighted by Crippen LogP contribution is 2.19. The number of nitrogens with one attached hydrogen (secondary N) is 2. The second-order valence-electron chi connectivity index (χ2n) is 8.09. The highest BCUT2D eigenvalue weighted by atomic mass is 32.2. The van der Waals surface area contributed by atoms with Gasteiger partial charge in [-0.15, -0.1) is 0 Å². The molecule has 2 heterocycles. The lowest BCUT2D eigenvalue weighted by molar-refractivity contribution is 0.0932. The molecule has 33 heavy (non-hydrogen) atoms. The molecule has 1 atom stereocenters. The summed E-state index contributed by atoms with van der Waals surface area (Å²) in [5.74, 6) is 0.360. The molecule has 1 aromatic heterocycles. The van der Waals surface area contributed by atoms with E-state index in [0.717, 1.165) is 24.9 Å². The largest absolute Gasteiger partial charge is 0.348 e. The molecule has 3 aromatic rings. The SMILES string of the molecule is Cc1ccc(S(=O)(=O)NCc2ccccc2)cc1C(=O)NC1CCCN(c2ncccn2)C1. The average Bonchev–Trinajstić information content (AvgIpc) is 2.84. The Kier molecular flexibility index (Phi) is 7.00. The molecule has 0 saturated carbocycles. The zero-order chi connectivity index (χ0) is 23.3. The molecular formula is C24H27N5O3S. The molecule has 8 nitrogen and oxygen atoms in total. The van der Waals surface area contributed by atoms with Crippen molar-refractivity contribution in [3.63, 3.8) is 0 Å². The van der Waals surface area contributed by atoms with Crippen LogP contribution in [-0.2, 0) is 16.6 Å². The van der Waals surface area contributed by atoms with E-state index in [9.17, 15) is 13.2 Å². The summed E-state index contributed by atoms with van der Waals surface area (Å²) < 4.78 is 28.2. The quantitative estimate of drug-likeness (QED) is 0.556. The van der Waals surface area contributed by atoms with Crippen molar-refractivity contribution in [3.05, 3.63) is 83.7 Å². The van der Waals surface area contributed by atoms with Gasteiger partial charge in [0.1, 0.15) is 0 Å². The second kappa shape index (κ2) is 10.1. The third-order valence-electron chi connectivity index (χ3n) is 5.66. The van der Waals surface area contributed by atoms with Crippen LogP contribution in [0.15, 0.2) is 71.9 Å². The van der Waals surface area contributed by atoms with Gasteiger partial charge in [0.25, 0.3) is 5.91 Å². The Bertz CT molecular complexity index is 1200. The van der Waals surface area contributed by atoms with Crippen LogP contribution in [0.5, 0.6) is 0 Å². The van der Waals surface area contributed by atoms with Crippen LogP contribution in [0.1, 0.15) is 34.3 Å². The number of aryl methyl sites for hydroxylation is 1. The minimum absolute atomic E-state index is 0.0668. The molecule has 0 spiro atoms. The summed E-state index contributed by atoms with van der Waals surface area (Å²) >= 11 is 0. The molecule has 1 aliphatic heterocycles. The smallest absolute Gasteiger partial charge is 0.251 e. The number of aromatic nitrogens is 2. The standard InChI is InChI=1S/C24H27N5O3S/c1-18-10-11-21(33(31,32)27-16-19-7-3-2-4-8-19)15-22(18)23(30)28-20-9-5-14-29(17-20)24-25-12-6-13-26-24/h2-4,6-8,10-13,15,20,27H,5,9,14,16-17H2,1H3,(H,28,30). The van der Waals surface area contributed by atoms with Crippen LogP contribution in [-0.4, -0.2) is 43.4 Å². The zero-order valence-electron chi connectivity index (χ0n) is 18.4. The summed E-state index contributed by atoms with van der Waals surface area (Å²) in [5.41, 5.74) is 1.93. The van der Waals surface area contributed by atoms with Crippen LogP contribution in [0, 0.1) is 6.92 Å². The highest BCUT2D eigenvalue weighted by Gasteiger charge is 2.25. The van der Waals surface area contributed by atoms with Crippen molar-refractivity contribution in [1.29, 1.82) is 0 Å². The van der Waals surface area contributed by atoms with Gasteiger partial charge in [-0.25, -0.2) is 23.1 Å². The molecule has 9 heteroatoms. The number of carbonyl (C=O) groups excluding carboxylic acids is 1. The Balaban J connectivity index is 1.45. The third kappa shape index (κ3) is 5.74. The fraction of sp³-hybridized carbons (Fsp3) is 0.292. The number of amides is 1. The monoisotopic (exact) mass is 465 g/mol. The average molecular weight is 466 g/mol. The fourth-order valence-corrected chi connectivity index (χ4v) is 4.91. The molecular weight excluding hydrogens is 438 g/mol. The first-order valence-electron chi connectivity index (χ1n) is 10.9. The van der Waals surface area contributed by atoms with Gasteiger partial charge >= 0.3 is 0 Å². The lowest BCUT2D eigenvalue weighted by Gasteiger charge is -2.33. The van der Waals surface area contributed by atoms with E-state index >= 15 is 0 Å². The van der Waals surface area contributed by atoms with Crippen molar-refractivity contribution < 1.29 is 13.2 Å². The number of nitrogens with zero attached hydrogens (tertiary/aromatic N) is 3. The van der Waals surface area contributed by atoms with Crippen molar-refractivity contribution in [2.24, 2.45) is 0 Å². The Labute approximate surface area is 194 Å². The highest BCUT2D eigenvalue weighted by molar-refractivity contribution is 7.89. The zero-order valence-corrected chi connectivity index (χ0v) is 19.3. The fourth-order valence-electron chi connectivity index (χ4n) is 3.86. The summed E-state index contributed by atoms with van der Waals surface area (Å²) in [6.07, 6.45) is 5.14. The molecule has 1 amide bonds. The lowest BCUT2D eigenvalue weighted by atomic mass is 10.0. The van der Waals surface area contributed by atoms with Crippen molar-refractivity contribution in [2.45, 2.75) is 37.2 Å². The van der Waals surface area contributed by atoms with Crippen LogP contribution >= 0.6 is 0 Å². The van der Waals surface area contributed by atoms with E-state index in [1.54, 1.807) is 31.5 Å². The van der Waals surface area contributed by atoms with Gasteiger partial charge in [-0.05, 0) is 49.1 Å². The Morgan fingerprint density at radius 1 is 1.09 bits per heavy atom. The molecule has 0 aliphatic carbocycles. The molecule has 1 aliphatic rings. The summed E-state index contributed by atoms with van der Waals surface area (Å²) in [6.45, 7) is 3.41. The molecule has 2 aromatic carbocycles. The number of piperidine rings is 1. The van der Waals surface area contributed by atoms with E-state index < -0.39 is 10.0 Å². The topological polar surface area (TPSA) is 104 Å². The molecule has 1 unspecified atom stereocenters. The van der Waals surface area contributed by atoms with E-state index in [4.69, 9.17) is 0 Å². The van der Waals surface area contributed by atoms with Gasteiger partial charge in [-0.3, -0.25) is 4.79 Å². The van der Waals surface area contributed by atoms with Gasteiger partial charge in [-0.2, -0.15) is 0 Å². The van der Waals surface area contributed by atoms with Crippen molar-refractivity contribution >= 4 is 21.9 Å². The van der Waals surface area contributed by atoms with Gasteiger partial charge in [-0.1, -0.05) is 36.4 Å². The maximum atomic E-state index is 13.1.